The van der Waals surface area contributed by atoms with Crippen molar-refractivity contribution < 1.29 is 14.4 Å². The van der Waals surface area contributed by atoms with Gasteiger partial charge >= 0.3 is 11.7 Å². The summed E-state index contributed by atoms with van der Waals surface area (Å²) in [5, 5.41) is 4.94. The molecule has 0 bridgehead atoms. The van der Waals surface area contributed by atoms with E-state index in [-0.39, 0.29) is 23.9 Å². The van der Waals surface area contributed by atoms with Crippen molar-refractivity contribution >= 4 is 28.9 Å². The number of imidazole rings is 1. The molecule has 1 aromatic carbocycles. The summed E-state index contributed by atoms with van der Waals surface area (Å²) in [4.78, 5) is 50.1. The number of fused-ring (bicyclic) bond motifs is 1. The van der Waals surface area contributed by atoms with Gasteiger partial charge in [-0.05, 0) is 25.0 Å². The number of amides is 4. The van der Waals surface area contributed by atoms with Gasteiger partial charge in [-0.1, -0.05) is 12.1 Å². The zero-order valence-electron chi connectivity index (χ0n) is 15.0. The molecule has 2 aliphatic heterocycles. The monoisotopic (exact) mass is 371 g/mol. The Bertz CT molecular complexity index is 997. The predicted octanol–water partition coefficient (Wildman–Crippen LogP) is -0.0693. The molecular weight excluding hydrogens is 350 g/mol. The number of nitrogens with zero attached hydrogens (tertiary/aromatic N) is 3. The third-order valence-electron chi connectivity index (χ3n) is 5.59. The lowest BCUT2D eigenvalue weighted by Gasteiger charge is -2.37. The van der Waals surface area contributed by atoms with Crippen molar-refractivity contribution in [1.82, 2.24) is 24.7 Å². The third kappa shape index (κ3) is 2.79. The molecular formula is C18H21N5O4. The Balaban J connectivity index is 1.42. The summed E-state index contributed by atoms with van der Waals surface area (Å²) >= 11 is 0. The van der Waals surface area contributed by atoms with Gasteiger partial charge in [-0.15, -0.1) is 0 Å². The summed E-state index contributed by atoms with van der Waals surface area (Å²) in [6.07, 6.45) is 0.995. The first-order chi connectivity index (χ1) is 12.9. The Morgan fingerprint density at radius 2 is 1.78 bits per heavy atom. The highest BCUT2D eigenvalue weighted by atomic mass is 16.2. The van der Waals surface area contributed by atoms with Gasteiger partial charge in [0.25, 0.3) is 5.91 Å². The number of carbonyl (C=O) groups excluding carboxylic acids is 3. The van der Waals surface area contributed by atoms with Gasteiger partial charge in [-0.3, -0.25) is 24.0 Å². The number of aryl methyl sites for hydroxylation is 2. The second-order valence-corrected chi connectivity index (χ2v) is 7.10. The fourth-order valence-electron chi connectivity index (χ4n) is 3.96. The Morgan fingerprint density at radius 3 is 2.41 bits per heavy atom. The maximum absolute atomic E-state index is 12.6. The van der Waals surface area contributed by atoms with E-state index in [0.717, 1.165) is 11.0 Å². The van der Waals surface area contributed by atoms with Gasteiger partial charge < -0.3 is 10.2 Å². The van der Waals surface area contributed by atoms with Gasteiger partial charge in [-0.25, -0.2) is 9.59 Å². The van der Waals surface area contributed by atoms with Crippen molar-refractivity contribution in [3.8, 4) is 0 Å². The molecule has 2 aromatic rings. The van der Waals surface area contributed by atoms with Gasteiger partial charge in [0.2, 0.25) is 5.91 Å². The summed E-state index contributed by atoms with van der Waals surface area (Å²) < 4.78 is 3.19. The van der Waals surface area contributed by atoms with Gasteiger partial charge in [0.1, 0.15) is 5.54 Å². The molecule has 2 aliphatic rings. The first kappa shape index (κ1) is 17.3. The Hall–Kier alpha value is -3.10. The highest BCUT2D eigenvalue weighted by molar-refractivity contribution is 6.07. The molecule has 9 nitrogen and oxygen atoms in total. The van der Waals surface area contributed by atoms with Crippen LogP contribution in [0, 0.1) is 0 Å². The Labute approximate surface area is 154 Å². The standard InChI is InChI=1S/C18H21N5O4/c1-21-12-4-2-3-5-13(12)23(17(21)27)9-6-14(24)22-10-7-18(8-11-22)15(25)19-16(26)20-18/h2-5H,6-11H2,1H3,(H2,19,20,25,26). The first-order valence-corrected chi connectivity index (χ1v) is 8.97. The van der Waals surface area contributed by atoms with E-state index < -0.39 is 11.6 Å². The number of likely N-dealkylation sites (tertiary alicyclic amines) is 1. The third-order valence-corrected chi connectivity index (χ3v) is 5.59. The molecule has 2 N–H and O–H groups in total. The summed E-state index contributed by atoms with van der Waals surface area (Å²) in [6.45, 7) is 1.10. The number of carbonyl (C=O) groups is 3. The SMILES string of the molecule is Cn1c(=O)n(CCC(=O)N2CCC3(CC2)NC(=O)NC3=O)c2ccccc21. The number of benzene rings is 1. The van der Waals surface area contributed by atoms with Gasteiger partial charge in [0.15, 0.2) is 0 Å². The molecule has 0 atom stereocenters. The summed E-state index contributed by atoms with van der Waals surface area (Å²) in [7, 11) is 1.72. The number of piperidine rings is 1. The average Bonchev–Trinajstić information content (AvgIpc) is 3.07. The minimum atomic E-state index is -0.888. The van der Waals surface area contributed by atoms with Crippen molar-refractivity contribution in [3.05, 3.63) is 34.7 Å². The number of para-hydroxylation sites is 2. The fourth-order valence-corrected chi connectivity index (χ4v) is 3.96. The highest BCUT2D eigenvalue weighted by Crippen LogP contribution is 2.25. The van der Waals surface area contributed by atoms with Crippen molar-refractivity contribution in [1.29, 1.82) is 0 Å². The van der Waals surface area contributed by atoms with Crippen molar-refractivity contribution in [2.75, 3.05) is 13.1 Å². The zero-order valence-corrected chi connectivity index (χ0v) is 15.0. The summed E-state index contributed by atoms with van der Waals surface area (Å²) in [5.74, 6) is -0.378. The van der Waals surface area contributed by atoms with E-state index in [9.17, 15) is 19.2 Å². The van der Waals surface area contributed by atoms with Crippen LogP contribution in [0.3, 0.4) is 0 Å². The maximum Gasteiger partial charge on any atom is 0.328 e. The molecule has 4 amide bonds. The minimum absolute atomic E-state index is 0.0607. The molecule has 4 rings (SSSR count). The maximum atomic E-state index is 12.6. The number of urea groups is 1. The van der Waals surface area contributed by atoms with Crippen LogP contribution in [0.5, 0.6) is 0 Å². The predicted molar refractivity (Wildman–Crippen MR) is 97.0 cm³/mol. The molecule has 9 heteroatoms. The smallest absolute Gasteiger partial charge is 0.328 e. The van der Waals surface area contributed by atoms with Crippen LogP contribution in [0.25, 0.3) is 11.0 Å². The number of nitrogens with one attached hydrogen (secondary N) is 2. The summed E-state index contributed by atoms with van der Waals surface area (Å²) in [5.41, 5.74) is 0.603. The molecule has 142 valence electrons. The van der Waals surface area contributed by atoms with E-state index in [0.29, 0.717) is 32.5 Å². The zero-order chi connectivity index (χ0) is 19.2. The number of aromatic nitrogens is 2. The first-order valence-electron chi connectivity index (χ1n) is 8.97. The quantitative estimate of drug-likeness (QED) is 0.737. The number of hydrogen-bond donors (Lipinski definition) is 2. The molecule has 1 aromatic heterocycles. The van der Waals surface area contributed by atoms with E-state index in [1.807, 2.05) is 24.3 Å². The molecule has 27 heavy (non-hydrogen) atoms. The number of hydrogen-bond acceptors (Lipinski definition) is 4. The van der Waals surface area contributed by atoms with Crippen LogP contribution >= 0.6 is 0 Å². The molecule has 0 unspecified atom stereocenters. The topological polar surface area (TPSA) is 105 Å². The average molecular weight is 371 g/mol. The number of imide groups is 1. The molecule has 0 aliphatic carbocycles. The fraction of sp³-hybridized carbons (Fsp3) is 0.444. The van der Waals surface area contributed by atoms with E-state index in [2.05, 4.69) is 10.6 Å². The van der Waals surface area contributed by atoms with Crippen molar-refractivity contribution in [2.45, 2.75) is 31.3 Å². The second kappa shape index (κ2) is 6.26. The molecule has 3 heterocycles. The van der Waals surface area contributed by atoms with E-state index in [1.165, 1.54) is 0 Å². The van der Waals surface area contributed by atoms with Gasteiger partial charge in [-0.2, -0.15) is 0 Å². The molecule has 0 radical (unpaired) electrons. The van der Waals surface area contributed by atoms with E-state index in [4.69, 9.17) is 0 Å². The van der Waals surface area contributed by atoms with Crippen LogP contribution in [-0.2, 0) is 23.2 Å². The molecule has 2 saturated heterocycles. The van der Waals surface area contributed by atoms with Crippen LogP contribution < -0.4 is 16.3 Å². The largest absolute Gasteiger partial charge is 0.342 e. The van der Waals surface area contributed by atoms with E-state index >= 15 is 0 Å². The lowest BCUT2D eigenvalue weighted by Crippen LogP contribution is -2.55. The molecule has 1 spiro atoms. The Kier molecular flexibility index (Phi) is 4.01. The van der Waals surface area contributed by atoms with Crippen LogP contribution in [0.1, 0.15) is 19.3 Å². The van der Waals surface area contributed by atoms with Crippen LogP contribution in [0.15, 0.2) is 29.1 Å². The van der Waals surface area contributed by atoms with Crippen LogP contribution in [-0.4, -0.2) is 50.5 Å². The van der Waals surface area contributed by atoms with Gasteiger partial charge in [0, 0.05) is 33.1 Å². The van der Waals surface area contributed by atoms with E-state index in [1.54, 1.807) is 21.1 Å². The lowest BCUT2D eigenvalue weighted by atomic mass is 9.87. The number of rotatable bonds is 3. The molecule has 2 fully saturated rings. The van der Waals surface area contributed by atoms with Crippen LogP contribution in [0.2, 0.25) is 0 Å². The minimum Gasteiger partial charge on any atom is -0.342 e. The lowest BCUT2D eigenvalue weighted by molar-refractivity contribution is -0.136. The Morgan fingerprint density at radius 1 is 1.11 bits per heavy atom. The molecule has 0 saturated carbocycles. The normalized spacial score (nSPS) is 18.8. The van der Waals surface area contributed by atoms with Crippen LogP contribution in [0.4, 0.5) is 4.79 Å². The highest BCUT2D eigenvalue weighted by Gasteiger charge is 2.48. The summed E-state index contributed by atoms with van der Waals surface area (Å²) in [6, 6.07) is 7.01. The van der Waals surface area contributed by atoms with Crippen molar-refractivity contribution in [3.63, 3.8) is 0 Å². The van der Waals surface area contributed by atoms with Crippen molar-refractivity contribution in [2.24, 2.45) is 7.05 Å². The second-order valence-electron chi connectivity index (χ2n) is 7.10. The van der Waals surface area contributed by atoms with Gasteiger partial charge in [0.05, 0.1) is 11.0 Å².